The van der Waals surface area contributed by atoms with Crippen molar-refractivity contribution in [3.05, 3.63) is 87.8 Å². The summed E-state index contributed by atoms with van der Waals surface area (Å²) in [6.07, 6.45) is 5.38. The maximum atomic E-state index is 12.6. The average Bonchev–Trinajstić information content (AvgIpc) is 3.04. The van der Waals surface area contributed by atoms with E-state index < -0.39 is 11.8 Å². The van der Waals surface area contributed by atoms with E-state index in [0.717, 1.165) is 5.56 Å². The standard InChI is InChI=1S/C22H18ClN3O3S2/c23-17-11-9-16(10-12-17)20(28)25-24-19(27)13-14-26-21(29)18(31-22(26)30)8-4-7-15-5-2-1-3-6-15/h1-12H,13-14H2,(H,24,27)(H,25,28)/b7-4+,18-8-. The first-order valence-electron chi connectivity index (χ1n) is 9.26. The summed E-state index contributed by atoms with van der Waals surface area (Å²) in [6, 6.07) is 16.0. The van der Waals surface area contributed by atoms with Gasteiger partial charge < -0.3 is 0 Å². The maximum absolute atomic E-state index is 12.6. The molecule has 0 aromatic heterocycles. The smallest absolute Gasteiger partial charge is 0.269 e. The van der Waals surface area contributed by atoms with Gasteiger partial charge in [0.25, 0.3) is 11.8 Å². The highest BCUT2D eigenvalue weighted by Crippen LogP contribution is 2.31. The molecule has 0 radical (unpaired) electrons. The van der Waals surface area contributed by atoms with Gasteiger partial charge in [-0.1, -0.05) is 78.1 Å². The van der Waals surface area contributed by atoms with Gasteiger partial charge in [-0.15, -0.1) is 0 Å². The number of halogens is 1. The second-order valence-electron chi connectivity index (χ2n) is 6.38. The van der Waals surface area contributed by atoms with Crippen LogP contribution < -0.4 is 10.9 Å². The molecule has 1 aliphatic heterocycles. The quantitative estimate of drug-likeness (QED) is 0.379. The van der Waals surface area contributed by atoms with E-state index in [1.807, 2.05) is 36.4 Å². The number of carbonyl (C=O) groups excluding carboxylic acids is 3. The molecule has 0 spiro atoms. The first kappa shape index (κ1) is 22.7. The van der Waals surface area contributed by atoms with Gasteiger partial charge in [-0.25, -0.2) is 0 Å². The van der Waals surface area contributed by atoms with Crippen LogP contribution in [0.3, 0.4) is 0 Å². The molecule has 9 heteroatoms. The number of hydrogen-bond donors (Lipinski definition) is 2. The minimum atomic E-state index is -0.469. The Hall–Kier alpha value is -2.94. The minimum Gasteiger partial charge on any atom is -0.292 e. The molecule has 158 valence electrons. The van der Waals surface area contributed by atoms with Gasteiger partial charge in [-0.3, -0.25) is 30.1 Å². The Kier molecular flexibility index (Phi) is 8.00. The van der Waals surface area contributed by atoms with Gasteiger partial charge in [0.15, 0.2) is 0 Å². The zero-order valence-electron chi connectivity index (χ0n) is 16.2. The molecule has 0 bridgehead atoms. The van der Waals surface area contributed by atoms with Gasteiger partial charge in [0.1, 0.15) is 4.32 Å². The fraction of sp³-hybridized carbons (Fsp3) is 0.0909. The summed E-state index contributed by atoms with van der Waals surface area (Å²) in [5, 5.41) is 0.508. The molecule has 31 heavy (non-hydrogen) atoms. The Balaban J connectivity index is 1.47. The van der Waals surface area contributed by atoms with Crippen molar-refractivity contribution in [2.75, 3.05) is 6.54 Å². The molecule has 1 fully saturated rings. The lowest BCUT2D eigenvalue weighted by Gasteiger charge is -2.14. The average molecular weight is 472 g/mol. The molecule has 0 unspecified atom stereocenters. The molecule has 1 heterocycles. The first-order valence-corrected chi connectivity index (χ1v) is 10.9. The Morgan fingerprint density at radius 2 is 1.77 bits per heavy atom. The number of hydrazine groups is 1. The largest absolute Gasteiger partial charge is 0.292 e. The van der Waals surface area contributed by atoms with Crippen LogP contribution in [0.5, 0.6) is 0 Å². The van der Waals surface area contributed by atoms with Gasteiger partial charge >= 0.3 is 0 Å². The molecule has 1 aliphatic rings. The lowest BCUT2D eigenvalue weighted by Crippen LogP contribution is -2.43. The van der Waals surface area contributed by atoms with E-state index >= 15 is 0 Å². The third kappa shape index (κ3) is 6.52. The summed E-state index contributed by atoms with van der Waals surface area (Å²) in [5.74, 6) is -1.15. The van der Waals surface area contributed by atoms with Crippen molar-refractivity contribution in [3.8, 4) is 0 Å². The van der Waals surface area contributed by atoms with Gasteiger partial charge in [0.2, 0.25) is 5.91 Å². The third-order valence-corrected chi connectivity index (χ3v) is 5.84. The van der Waals surface area contributed by atoms with E-state index in [1.165, 1.54) is 16.7 Å². The van der Waals surface area contributed by atoms with Crippen molar-refractivity contribution in [2.24, 2.45) is 0 Å². The van der Waals surface area contributed by atoms with E-state index in [9.17, 15) is 14.4 Å². The van der Waals surface area contributed by atoms with Gasteiger partial charge in [0, 0.05) is 23.6 Å². The number of nitrogens with one attached hydrogen (secondary N) is 2. The minimum absolute atomic E-state index is 0.0134. The number of allylic oxidation sites excluding steroid dienone is 2. The number of nitrogens with zero attached hydrogens (tertiary/aromatic N) is 1. The van der Waals surface area contributed by atoms with E-state index in [1.54, 1.807) is 36.4 Å². The summed E-state index contributed by atoms with van der Waals surface area (Å²) in [7, 11) is 0. The Labute approximate surface area is 194 Å². The summed E-state index contributed by atoms with van der Waals surface area (Å²) >= 11 is 12.2. The fourth-order valence-corrected chi connectivity index (χ4v) is 3.98. The molecule has 0 atom stereocenters. The number of rotatable bonds is 6. The Morgan fingerprint density at radius 1 is 1.06 bits per heavy atom. The number of amides is 3. The summed E-state index contributed by atoms with van der Waals surface area (Å²) < 4.78 is 0.391. The predicted molar refractivity (Wildman–Crippen MR) is 127 cm³/mol. The van der Waals surface area contributed by atoms with Crippen molar-refractivity contribution in [1.82, 2.24) is 15.8 Å². The lowest BCUT2D eigenvalue weighted by atomic mass is 10.2. The van der Waals surface area contributed by atoms with Crippen molar-refractivity contribution < 1.29 is 14.4 Å². The topological polar surface area (TPSA) is 78.5 Å². The molecule has 6 nitrogen and oxygen atoms in total. The van der Waals surface area contributed by atoms with Crippen molar-refractivity contribution in [1.29, 1.82) is 0 Å². The van der Waals surface area contributed by atoms with Gasteiger partial charge in [0.05, 0.1) is 4.91 Å². The number of thiocarbonyl (C=S) groups is 1. The van der Waals surface area contributed by atoms with Gasteiger partial charge in [-0.2, -0.15) is 0 Å². The van der Waals surface area contributed by atoms with Crippen molar-refractivity contribution >= 4 is 63.7 Å². The summed E-state index contributed by atoms with van der Waals surface area (Å²) in [6.45, 7) is 0.118. The zero-order valence-corrected chi connectivity index (χ0v) is 18.6. The van der Waals surface area contributed by atoms with E-state index in [0.29, 0.717) is 19.8 Å². The highest BCUT2D eigenvalue weighted by Gasteiger charge is 2.31. The monoisotopic (exact) mass is 471 g/mol. The zero-order chi connectivity index (χ0) is 22.2. The normalized spacial score (nSPS) is 15.0. The highest BCUT2D eigenvalue weighted by atomic mass is 35.5. The summed E-state index contributed by atoms with van der Waals surface area (Å²) in [4.78, 5) is 38.5. The fourth-order valence-electron chi connectivity index (χ4n) is 2.59. The molecule has 1 saturated heterocycles. The maximum Gasteiger partial charge on any atom is 0.269 e. The van der Waals surface area contributed by atoms with Crippen LogP contribution in [0.15, 0.2) is 71.7 Å². The van der Waals surface area contributed by atoms with E-state index in [-0.39, 0.29) is 18.9 Å². The van der Waals surface area contributed by atoms with Crippen LogP contribution in [-0.2, 0) is 9.59 Å². The first-order chi connectivity index (χ1) is 14.9. The van der Waals surface area contributed by atoms with Crippen molar-refractivity contribution in [2.45, 2.75) is 6.42 Å². The Morgan fingerprint density at radius 3 is 2.48 bits per heavy atom. The lowest BCUT2D eigenvalue weighted by molar-refractivity contribution is -0.124. The van der Waals surface area contributed by atoms with Crippen LogP contribution in [0, 0.1) is 0 Å². The van der Waals surface area contributed by atoms with Crippen LogP contribution in [0.2, 0.25) is 5.02 Å². The van der Waals surface area contributed by atoms with Crippen LogP contribution in [0.1, 0.15) is 22.3 Å². The van der Waals surface area contributed by atoms with Crippen LogP contribution in [-0.4, -0.2) is 33.5 Å². The van der Waals surface area contributed by atoms with Crippen LogP contribution in [0.25, 0.3) is 6.08 Å². The number of hydrogen-bond acceptors (Lipinski definition) is 5. The van der Waals surface area contributed by atoms with E-state index in [2.05, 4.69) is 10.9 Å². The molecule has 0 aliphatic carbocycles. The third-order valence-electron chi connectivity index (χ3n) is 4.19. The highest BCUT2D eigenvalue weighted by molar-refractivity contribution is 8.26. The SMILES string of the molecule is O=C(CCN1C(=O)/C(=C/C=C/c2ccccc2)SC1=S)NNC(=O)c1ccc(Cl)cc1. The molecule has 0 saturated carbocycles. The number of carbonyl (C=O) groups is 3. The van der Waals surface area contributed by atoms with Crippen LogP contribution in [0.4, 0.5) is 0 Å². The second kappa shape index (κ2) is 10.9. The predicted octanol–water partition coefficient (Wildman–Crippen LogP) is 3.95. The number of benzene rings is 2. The Bertz CT molecular complexity index is 1050. The molecule has 3 amide bonds. The molecule has 2 aromatic carbocycles. The molecule has 3 rings (SSSR count). The van der Waals surface area contributed by atoms with E-state index in [4.69, 9.17) is 23.8 Å². The second-order valence-corrected chi connectivity index (χ2v) is 8.50. The van der Waals surface area contributed by atoms with Gasteiger partial charge in [-0.05, 0) is 35.9 Å². The molecule has 2 N–H and O–H groups in total. The summed E-state index contributed by atoms with van der Waals surface area (Å²) in [5.41, 5.74) is 6.03. The molecular weight excluding hydrogens is 454 g/mol. The number of thioether (sulfide) groups is 1. The van der Waals surface area contributed by atoms with Crippen LogP contribution >= 0.6 is 35.6 Å². The molecular formula is C22H18ClN3O3S2. The van der Waals surface area contributed by atoms with Crippen molar-refractivity contribution in [3.63, 3.8) is 0 Å². The molecule has 2 aromatic rings.